The smallest absolute Gasteiger partial charge is 0.299 e. The van der Waals surface area contributed by atoms with Crippen LogP contribution >= 0.6 is 0 Å². The van der Waals surface area contributed by atoms with Crippen LogP contribution in [0.5, 0.6) is 0 Å². The van der Waals surface area contributed by atoms with Gasteiger partial charge < -0.3 is 20.1 Å². The first-order chi connectivity index (χ1) is 15.1. The van der Waals surface area contributed by atoms with Crippen molar-refractivity contribution in [3.05, 3.63) is 70.9 Å². The summed E-state index contributed by atoms with van der Waals surface area (Å²) in [6, 6.07) is 15.3. The average molecular weight is 417 g/mol. The number of hydrogen-bond donors (Lipinski definition) is 3. The van der Waals surface area contributed by atoms with E-state index in [4.69, 9.17) is 6.42 Å². The third kappa shape index (κ3) is 3.85. The number of aromatic nitrogens is 1. The van der Waals surface area contributed by atoms with Crippen molar-refractivity contribution in [2.24, 2.45) is 0 Å². The number of nitrogens with zero attached hydrogens (tertiary/aromatic N) is 1. The fraction of sp³-hybridized carbons (Fsp3) is 0.346. The number of rotatable bonds is 6. The predicted octanol–water partition coefficient (Wildman–Crippen LogP) is 3.86. The zero-order valence-electron chi connectivity index (χ0n) is 17.7. The van der Waals surface area contributed by atoms with Crippen molar-refractivity contribution in [2.45, 2.75) is 50.8 Å². The number of carbonyl (C=O) groups excluding carboxylic acids is 1. The van der Waals surface area contributed by atoms with Crippen molar-refractivity contribution in [1.82, 2.24) is 9.88 Å². The van der Waals surface area contributed by atoms with Gasteiger partial charge in [-0.05, 0) is 41.5 Å². The van der Waals surface area contributed by atoms with Gasteiger partial charge in [0.15, 0.2) is 0 Å². The Bertz CT molecular complexity index is 1110. The maximum Gasteiger partial charge on any atom is 0.299 e. The van der Waals surface area contributed by atoms with E-state index in [1.165, 1.54) is 10.9 Å². The number of H-pyrrole nitrogens is 1. The Morgan fingerprint density at radius 1 is 1.26 bits per heavy atom. The number of aromatic amines is 1. The summed E-state index contributed by atoms with van der Waals surface area (Å²) >= 11 is 0. The molecule has 1 amide bonds. The molecule has 0 aliphatic carbocycles. The first-order valence-corrected chi connectivity index (χ1v) is 10.9. The minimum absolute atomic E-state index is 0.0166. The number of benzene rings is 2. The van der Waals surface area contributed by atoms with E-state index in [1.54, 1.807) is 12.1 Å². The van der Waals surface area contributed by atoms with E-state index in [0.29, 0.717) is 5.56 Å². The van der Waals surface area contributed by atoms with E-state index in [1.807, 2.05) is 29.2 Å². The summed E-state index contributed by atoms with van der Waals surface area (Å²) in [7, 11) is 0. The highest BCUT2D eigenvalue weighted by Gasteiger charge is 2.39. The Morgan fingerprint density at radius 2 is 2.00 bits per heavy atom. The molecule has 3 N–H and O–H groups in total. The summed E-state index contributed by atoms with van der Waals surface area (Å²) in [5, 5.41) is 20.4. The topological polar surface area (TPSA) is 76.6 Å². The highest BCUT2D eigenvalue weighted by molar-refractivity contribution is 5.94. The van der Waals surface area contributed by atoms with E-state index in [2.05, 4.69) is 30.0 Å². The van der Waals surface area contributed by atoms with Gasteiger partial charge in [-0.2, -0.15) is 0 Å². The molecule has 0 spiro atoms. The number of hydrogen-bond acceptors (Lipinski definition) is 3. The van der Waals surface area contributed by atoms with Gasteiger partial charge in [-0.3, -0.25) is 4.79 Å². The van der Waals surface area contributed by atoms with Gasteiger partial charge in [0.2, 0.25) is 0 Å². The van der Waals surface area contributed by atoms with E-state index >= 15 is 0 Å². The van der Waals surface area contributed by atoms with Crippen LogP contribution in [0.2, 0.25) is 0 Å². The van der Waals surface area contributed by atoms with Gasteiger partial charge in [0, 0.05) is 22.6 Å². The van der Waals surface area contributed by atoms with Gasteiger partial charge in [-0.25, -0.2) is 0 Å². The lowest BCUT2D eigenvalue weighted by Gasteiger charge is -2.41. The molecule has 0 radical (unpaired) electrons. The second-order valence-electron chi connectivity index (χ2n) is 8.19. The largest absolute Gasteiger partial charge is 0.393 e. The second-order valence-corrected chi connectivity index (χ2v) is 8.19. The summed E-state index contributed by atoms with van der Waals surface area (Å²) in [5.41, 5.74) is 4.84. The molecular weight excluding hydrogens is 388 g/mol. The maximum atomic E-state index is 13.0. The number of fused-ring (bicyclic) bond motifs is 3. The Morgan fingerprint density at radius 3 is 2.68 bits per heavy atom. The molecule has 31 heavy (non-hydrogen) atoms. The third-order valence-corrected chi connectivity index (χ3v) is 6.29. The number of nitrogens with one attached hydrogen (secondary N) is 1. The Balaban J connectivity index is 1.87. The molecule has 0 fully saturated rings. The number of aliphatic hydroxyl groups is 2. The first kappa shape index (κ1) is 21.2. The predicted molar refractivity (Wildman–Crippen MR) is 121 cm³/mol. The molecule has 1 aromatic heterocycles. The van der Waals surface area contributed by atoms with E-state index in [-0.39, 0.29) is 24.6 Å². The lowest BCUT2D eigenvalue weighted by Crippen LogP contribution is -2.47. The van der Waals surface area contributed by atoms with E-state index in [0.717, 1.165) is 42.5 Å². The normalized spacial score (nSPS) is 19.1. The Hall–Kier alpha value is -3.07. The lowest BCUT2D eigenvalue weighted by molar-refractivity contribution is -0.130. The van der Waals surface area contributed by atoms with Crippen LogP contribution in [0.3, 0.4) is 0 Å². The van der Waals surface area contributed by atoms with Crippen molar-refractivity contribution in [1.29, 1.82) is 0 Å². The molecule has 1 aliphatic heterocycles. The van der Waals surface area contributed by atoms with Crippen LogP contribution in [0, 0.1) is 12.3 Å². The second kappa shape index (κ2) is 8.97. The highest BCUT2D eigenvalue weighted by Crippen LogP contribution is 2.42. The SMILES string of the molecule is C#CC(=O)N1C(CCCC)Cc2c([nH]c3ccccc23)[C@@H]1c1ccc(C(O)CO)cc1. The van der Waals surface area contributed by atoms with Crippen molar-refractivity contribution in [3.8, 4) is 12.3 Å². The third-order valence-electron chi connectivity index (χ3n) is 6.29. The molecule has 0 bridgehead atoms. The quantitative estimate of drug-likeness (QED) is 0.534. The Labute approximate surface area is 182 Å². The molecule has 1 aliphatic rings. The molecule has 0 saturated heterocycles. The minimum atomic E-state index is -0.926. The van der Waals surface area contributed by atoms with Crippen LogP contribution in [0.4, 0.5) is 0 Å². The highest BCUT2D eigenvalue weighted by atomic mass is 16.3. The lowest BCUT2D eigenvalue weighted by atomic mass is 9.85. The van der Waals surface area contributed by atoms with Crippen molar-refractivity contribution >= 4 is 16.8 Å². The van der Waals surface area contributed by atoms with Gasteiger partial charge in [0.1, 0.15) is 6.10 Å². The molecule has 3 aromatic rings. The number of para-hydroxylation sites is 1. The molecule has 4 rings (SSSR count). The number of aliphatic hydroxyl groups excluding tert-OH is 2. The van der Waals surface area contributed by atoms with Crippen molar-refractivity contribution < 1.29 is 15.0 Å². The van der Waals surface area contributed by atoms with Crippen molar-refractivity contribution in [2.75, 3.05) is 6.61 Å². The van der Waals surface area contributed by atoms with Crippen LogP contribution in [-0.4, -0.2) is 38.7 Å². The van der Waals surface area contributed by atoms with E-state index < -0.39 is 6.10 Å². The zero-order valence-corrected chi connectivity index (χ0v) is 17.7. The molecule has 160 valence electrons. The summed E-state index contributed by atoms with van der Waals surface area (Å²) in [5.74, 6) is 2.03. The molecule has 5 heteroatoms. The van der Waals surface area contributed by atoms with Gasteiger partial charge in [-0.1, -0.05) is 62.2 Å². The fourth-order valence-corrected chi connectivity index (χ4v) is 4.73. The first-order valence-electron chi connectivity index (χ1n) is 10.9. The molecule has 2 unspecified atom stereocenters. The van der Waals surface area contributed by atoms with Gasteiger partial charge >= 0.3 is 0 Å². The molecular formula is C26H28N2O3. The van der Waals surface area contributed by atoms with Crippen LogP contribution in [0.1, 0.15) is 60.7 Å². The van der Waals surface area contributed by atoms with Crippen molar-refractivity contribution in [3.63, 3.8) is 0 Å². The molecule has 2 heterocycles. The monoisotopic (exact) mass is 416 g/mol. The van der Waals surface area contributed by atoms with E-state index in [9.17, 15) is 15.0 Å². The molecule has 2 aromatic carbocycles. The zero-order chi connectivity index (χ0) is 22.0. The van der Waals surface area contributed by atoms with Gasteiger partial charge in [-0.15, -0.1) is 6.42 Å². The summed E-state index contributed by atoms with van der Waals surface area (Å²) in [6.45, 7) is 1.81. The van der Waals surface area contributed by atoms with Gasteiger partial charge in [0.05, 0.1) is 12.6 Å². The summed E-state index contributed by atoms with van der Waals surface area (Å²) in [4.78, 5) is 18.4. The standard InChI is InChI=1S/C26H28N2O3/c1-3-5-8-19-15-21-20-9-6-7-10-22(20)27-25(21)26(28(19)24(31)4-2)18-13-11-17(12-14-18)23(30)16-29/h2,6-7,9-14,19,23,26-27,29-30H,3,5,8,15-16H2,1H3/t19?,23?,26-/m0/s1. The number of terminal acetylenes is 1. The minimum Gasteiger partial charge on any atom is -0.393 e. The van der Waals surface area contributed by atoms with Crippen LogP contribution in [0.15, 0.2) is 48.5 Å². The molecule has 5 nitrogen and oxygen atoms in total. The Kier molecular flexibility index (Phi) is 6.13. The van der Waals surface area contributed by atoms with Crippen LogP contribution in [-0.2, 0) is 11.2 Å². The fourth-order valence-electron chi connectivity index (χ4n) is 4.73. The van der Waals surface area contributed by atoms with Crippen LogP contribution in [0.25, 0.3) is 10.9 Å². The summed E-state index contributed by atoms with van der Waals surface area (Å²) in [6.07, 6.45) is 8.40. The molecule has 3 atom stereocenters. The number of unbranched alkanes of at least 4 members (excludes halogenated alkanes) is 1. The average Bonchev–Trinajstić information content (AvgIpc) is 3.19. The van der Waals surface area contributed by atoms with Gasteiger partial charge in [0.25, 0.3) is 5.91 Å². The number of carbonyl (C=O) groups is 1. The molecule has 0 saturated carbocycles. The number of amides is 1. The summed E-state index contributed by atoms with van der Waals surface area (Å²) < 4.78 is 0. The maximum absolute atomic E-state index is 13.0. The van der Waals surface area contributed by atoms with Crippen LogP contribution < -0.4 is 0 Å².